The Hall–Kier alpha value is -5.36. The number of rotatable bonds is 4. The lowest BCUT2D eigenvalue weighted by Gasteiger charge is -2.00. The molecule has 38 heavy (non-hydrogen) atoms. The second-order valence-corrected chi connectivity index (χ2v) is 8.01. The summed E-state index contributed by atoms with van der Waals surface area (Å²) in [5, 5.41) is 35.1. The molecule has 190 valence electrons. The summed E-state index contributed by atoms with van der Waals surface area (Å²) in [5.41, 5.74) is 4.75. The molecule has 0 unspecified atom stereocenters. The molecule has 0 saturated carbocycles. The van der Waals surface area contributed by atoms with Crippen molar-refractivity contribution in [3.8, 4) is 33.8 Å². The van der Waals surface area contributed by atoms with Gasteiger partial charge in [0.2, 0.25) is 0 Å². The Morgan fingerprint density at radius 3 is 0.895 bits per heavy atom. The van der Waals surface area contributed by atoms with Crippen LogP contribution in [0.5, 0.6) is 11.5 Å². The van der Waals surface area contributed by atoms with Crippen molar-refractivity contribution in [2.24, 2.45) is 0 Å². The number of carboxylic acid groups (broad SMARTS) is 2. The maximum atomic E-state index is 10.3. The number of phenolic OH excluding ortho intramolecular Hbond substituents is 2. The van der Waals surface area contributed by atoms with E-state index >= 15 is 0 Å². The smallest absolute Gasteiger partial charge is 0.335 e. The average Bonchev–Trinajstić information content (AvgIpc) is 2.95. The van der Waals surface area contributed by atoms with Crippen LogP contribution in [0.25, 0.3) is 22.3 Å². The van der Waals surface area contributed by atoms with E-state index in [-0.39, 0.29) is 11.1 Å². The Labute approximate surface area is 220 Å². The van der Waals surface area contributed by atoms with Gasteiger partial charge < -0.3 is 20.4 Å². The van der Waals surface area contributed by atoms with Crippen LogP contribution in [0.4, 0.5) is 0 Å². The summed E-state index contributed by atoms with van der Waals surface area (Å²) >= 11 is 0. The first-order chi connectivity index (χ1) is 18.3. The van der Waals surface area contributed by atoms with Gasteiger partial charge in [-0.25, -0.2) is 9.59 Å². The molecule has 5 aromatic rings. The summed E-state index contributed by atoms with van der Waals surface area (Å²) in [6, 6.07) is 39.6. The largest absolute Gasteiger partial charge is 0.508 e. The van der Waals surface area contributed by atoms with Crippen LogP contribution in [0, 0.1) is 0 Å². The lowest BCUT2D eigenvalue weighted by atomic mass is 10.1. The fourth-order valence-corrected chi connectivity index (χ4v) is 3.32. The molecule has 0 bridgehead atoms. The third-order valence-electron chi connectivity index (χ3n) is 5.33. The maximum absolute atomic E-state index is 10.3. The van der Waals surface area contributed by atoms with E-state index < -0.39 is 11.9 Å². The van der Waals surface area contributed by atoms with E-state index in [1.54, 1.807) is 24.3 Å². The lowest BCUT2D eigenvalue weighted by Crippen LogP contribution is -1.99. The highest BCUT2D eigenvalue weighted by atomic mass is 16.4. The van der Waals surface area contributed by atoms with Gasteiger partial charge in [0.25, 0.3) is 0 Å². The van der Waals surface area contributed by atoms with E-state index in [0.29, 0.717) is 11.5 Å². The molecule has 0 heterocycles. The molecule has 0 fully saturated rings. The summed E-state index contributed by atoms with van der Waals surface area (Å²) in [6.07, 6.45) is 0. The number of hydrogen-bond acceptors (Lipinski definition) is 4. The zero-order valence-corrected chi connectivity index (χ0v) is 20.3. The third kappa shape index (κ3) is 8.39. The lowest BCUT2D eigenvalue weighted by molar-refractivity contribution is 0.0681. The highest BCUT2D eigenvalue weighted by Gasteiger charge is 2.05. The van der Waals surface area contributed by atoms with Crippen LogP contribution < -0.4 is 0 Å². The molecule has 4 N–H and O–H groups in total. The van der Waals surface area contributed by atoms with Crippen LogP contribution in [0.3, 0.4) is 0 Å². The van der Waals surface area contributed by atoms with Crippen molar-refractivity contribution in [1.29, 1.82) is 0 Å². The fourth-order valence-electron chi connectivity index (χ4n) is 3.32. The number of hydrogen-bond donors (Lipinski definition) is 4. The van der Waals surface area contributed by atoms with Crippen molar-refractivity contribution >= 4 is 11.9 Å². The van der Waals surface area contributed by atoms with Crippen LogP contribution in [0.1, 0.15) is 20.7 Å². The average molecular weight is 507 g/mol. The van der Waals surface area contributed by atoms with Gasteiger partial charge in [-0.3, -0.25) is 0 Å². The van der Waals surface area contributed by atoms with Crippen molar-refractivity contribution in [3.05, 3.63) is 145 Å². The van der Waals surface area contributed by atoms with Crippen LogP contribution in [0.2, 0.25) is 0 Å². The SMILES string of the molecule is O=C(O)c1ccc(C(=O)O)cc1.Oc1ccc(-c2ccccc2)cc1.Oc1ccc(-c2ccccc2)cc1. The summed E-state index contributed by atoms with van der Waals surface area (Å²) in [6.45, 7) is 0. The minimum Gasteiger partial charge on any atom is -0.508 e. The van der Waals surface area contributed by atoms with Crippen molar-refractivity contribution < 1.29 is 30.0 Å². The van der Waals surface area contributed by atoms with E-state index in [2.05, 4.69) is 0 Å². The zero-order chi connectivity index (χ0) is 27.3. The Morgan fingerprint density at radius 1 is 0.368 bits per heavy atom. The zero-order valence-electron chi connectivity index (χ0n) is 20.3. The van der Waals surface area contributed by atoms with Gasteiger partial charge in [0.05, 0.1) is 11.1 Å². The van der Waals surface area contributed by atoms with Gasteiger partial charge in [-0.1, -0.05) is 84.9 Å². The van der Waals surface area contributed by atoms with Crippen LogP contribution in [0.15, 0.2) is 133 Å². The summed E-state index contributed by atoms with van der Waals surface area (Å²) in [5.74, 6) is -1.52. The number of phenols is 2. The number of carboxylic acids is 2. The predicted octanol–water partition coefficient (Wildman–Crippen LogP) is 7.20. The van der Waals surface area contributed by atoms with Gasteiger partial charge >= 0.3 is 11.9 Å². The monoisotopic (exact) mass is 506 g/mol. The Kier molecular flexibility index (Phi) is 9.79. The normalized spacial score (nSPS) is 9.68. The molecule has 0 amide bonds. The quantitative estimate of drug-likeness (QED) is 0.205. The van der Waals surface area contributed by atoms with E-state index in [1.165, 1.54) is 35.4 Å². The van der Waals surface area contributed by atoms with Gasteiger partial charge in [-0.05, 0) is 70.8 Å². The molecule has 0 aromatic heterocycles. The first-order valence-electron chi connectivity index (χ1n) is 11.6. The third-order valence-corrected chi connectivity index (χ3v) is 5.33. The first-order valence-corrected chi connectivity index (χ1v) is 11.6. The van der Waals surface area contributed by atoms with Crippen molar-refractivity contribution in [2.45, 2.75) is 0 Å². The maximum Gasteiger partial charge on any atom is 0.335 e. The topological polar surface area (TPSA) is 115 Å². The molecular formula is C32H26O6. The van der Waals surface area contributed by atoms with Crippen LogP contribution >= 0.6 is 0 Å². The molecule has 0 radical (unpaired) electrons. The second kappa shape index (κ2) is 13.7. The highest BCUT2D eigenvalue weighted by Crippen LogP contribution is 2.22. The molecule has 0 saturated heterocycles. The van der Waals surface area contributed by atoms with Crippen LogP contribution in [-0.4, -0.2) is 32.4 Å². The van der Waals surface area contributed by atoms with E-state index in [0.717, 1.165) is 11.1 Å². The van der Waals surface area contributed by atoms with Crippen molar-refractivity contribution in [2.75, 3.05) is 0 Å². The van der Waals surface area contributed by atoms with Gasteiger partial charge in [-0.2, -0.15) is 0 Å². The Morgan fingerprint density at radius 2 is 0.632 bits per heavy atom. The summed E-state index contributed by atoms with van der Waals surface area (Å²) in [4.78, 5) is 20.7. The summed E-state index contributed by atoms with van der Waals surface area (Å²) < 4.78 is 0. The molecular weight excluding hydrogens is 480 g/mol. The van der Waals surface area contributed by atoms with E-state index in [4.69, 9.17) is 20.4 Å². The molecule has 6 heteroatoms. The Balaban J connectivity index is 0.000000158. The standard InChI is InChI=1S/2C12H10O.C8H6O4/c2*13-12-8-6-11(7-9-12)10-4-2-1-3-5-10;9-7(10)5-1-2-6(4-3-5)8(11)12/h2*1-9,13H;1-4H,(H,9,10)(H,11,12). The van der Waals surface area contributed by atoms with Gasteiger partial charge in [0.1, 0.15) is 11.5 Å². The molecule has 5 rings (SSSR count). The molecule has 0 aliphatic heterocycles. The minimum absolute atomic E-state index is 0.0833. The van der Waals surface area contributed by atoms with Gasteiger partial charge in [0.15, 0.2) is 0 Å². The molecule has 0 aliphatic rings. The molecule has 5 aromatic carbocycles. The highest BCUT2D eigenvalue weighted by molar-refractivity contribution is 5.91. The fraction of sp³-hybridized carbons (Fsp3) is 0. The number of benzene rings is 5. The predicted molar refractivity (Wildman–Crippen MR) is 147 cm³/mol. The van der Waals surface area contributed by atoms with E-state index in [9.17, 15) is 9.59 Å². The van der Waals surface area contributed by atoms with Crippen molar-refractivity contribution in [3.63, 3.8) is 0 Å². The van der Waals surface area contributed by atoms with E-state index in [1.807, 2.05) is 84.9 Å². The number of carbonyl (C=O) groups is 2. The molecule has 0 atom stereocenters. The van der Waals surface area contributed by atoms with Crippen LogP contribution in [-0.2, 0) is 0 Å². The van der Waals surface area contributed by atoms with Gasteiger partial charge in [-0.15, -0.1) is 0 Å². The molecule has 0 aliphatic carbocycles. The molecule has 6 nitrogen and oxygen atoms in total. The number of aromatic carboxylic acids is 2. The summed E-state index contributed by atoms with van der Waals surface area (Å²) in [7, 11) is 0. The van der Waals surface area contributed by atoms with Gasteiger partial charge in [0, 0.05) is 0 Å². The number of aromatic hydroxyl groups is 2. The second-order valence-electron chi connectivity index (χ2n) is 8.01. The molecule has 0 spiro atoms. The first kappa shape index (κ1) is 27.2. The minimum atomic E-state index is -1.06. The van der Waals surface area contributed by atoms with Crippen molar-refractivity contribution in [1.82, 2.24) is 0 Å². The Bertz CT molecular complexity index is 1310.